The van der Waals surface area contributed by atoms with Gasteiger partial charge in [-0.15, -0.1) is 5.10 Å². The molecular weight excluding hydrogens is 620 g/mol. The molecule has 45 heavy (non-hydrogen) atoms. The van der Waals surface area contributed by atoms with E-state index in [1.165, 1.54) is 32.7 Å². The molecule has 5 rings (SSSR count). The lowest BCUT2D eigenvalue weighted by Gasteiger charge is -2.52. The molecule has 3 atom stereocenters. The van der Waals surface area contributed by atoms with Crippen molar-refractivity contribution in [2.24, 2.45) is 7.05 Å². The minimum atomic E-state index is -4.28. The van der Waals surface area contributed by atoms with E-state index in [0.29, 0.717) is 0 Å². The maximum atomic E-state index is 14.2. The summed E-state index contributed by atoms with van der Waals surface area (Å²) in [5.41, 5.74) is -0.303. The monoisotopic (exact) mass is 654 g/mol. The first-order valence-electron chi connectivity index (χ1n) is 14.1. The highest BCUT2D eigenvalue weighted by Crippen LogP contribution is 2.53. The molecule has 2 aromatic carbocycles. The van der Waals surface area contributed by atoms with Gasteiger partial charge in [0.05, 0.1) is 0 Å². The maximum absolute atomic E-state index is 14.2. The Bertz CT molecular complexity index is 1800. The first-order valence-corrected chi connectivity index (χ1v) is 16.4. The van der Waals surface area contributed by atoms with Gasteiger partial charge < -0.3 is 14.2 Å². The predicted octanol–water partition coefficient (Wildman–Crippen LogP) is 3.38. The van der Waals surface area contributed by atoms with E-state index >= 15 is 0 Å². The van der Waals surface area contributed by atoms with Crippen molar-refractivity contribution in [1.29, 1.82) is 0 Å². The summed E-state index contributed by atoms with van der Waals surface area (Å²) in [6, 6.07) is 18.6. The first kappa shape index (κ1) is 32.4. The summed E-state index contributed by atoms with van der Waals surface area (Å²) in [7, 11) is -1.55. The van der Waals surface area contributed by atoms with Crippen molar-refractivity contribution in [3.63, 3.8) is 0 Å². The summed E-state index contributed by atoms with van der Waals surface area (Å²) in [5.74, 6) is -1.81. The van der Waals surface area contributed by atoms with E-state index in [1.54, 1.807) is 20.8 Å². The summed E-state index contributed by atoms with van der Waals surface area (Å²) >= 11 is 0.722. The van der Waals surface area contributed by atoms with Gasteiger partial charge >= 0.3 is 17.4 Å². The molecule has 0 bridgehead atoms. The zero-order chi connectivity index (χ0) is 32.9. The SMILES string of the molecule is CO[C@H]1C(=O)N2C(C(=O)OC(C)(C)C)=C(C)C(C)(Sc3nc(=O)c(OC(c4ccccc4)c4ccccc4)nn3C)S(=O)(=O)C12. The van der Waals surface area contributed by atoms with Gasteiger partial charge in [0.25, 0.3) is 5.91 Å². The van der Waals surface area contributed by atoms with E-state index in [2.05, 4.69) is 10.1 Å². The van der Waals surface area contributed by atoms with Gasteiger partial charge in [-0.05, 0) is 51.3 Å². The summed E-state index contributed by atoms with van der Waals surface area (Å²) in [4.78, 5) is 44.8. The molecular formula is C31H34N4O8S2. The molecule has 2 aliphatic rings. The minimum absolute atomic E-state index is 0.0451. The van der Waals surface area contributed by atoms with E-state index in [1.807, 2.05) is 60.7 Å². The van der Waals surface area contributed by atoms with Gasteiger partial charge in [0.1, 0.15) is 15.4 Å². The van der Waals surface area contributed by atoms with Crippen LogP contribution >= 0.6 is 11.8 Å². The number of carbonyl (C=O) groups is 2. The van der Waals surface area contributed by atoms with Crippen molar-refractivity contribution < 1.29 is 32.2 Å². The fourth-order valence-corrected chi connectivity index (χ4v) is 9.12. The number of aryl methyl sites for hydroxylation is 1. The van der Waals surface area contributed by atoms with Crippen LogP contribution in [-0.2, 0) is 35.9 Å². The summed E-state index contributed by atoms with van der Waals surface area (Å²) < 4.78 is 44.6. The molecule has 12 nitrogen and oxygen atoms in total. The molecule has 1 aromatic heterocycles. The smallest absolute Gasteiger partial charge is 0.355 e. The Labute approximate surface area is 265 Å². The van der Waals surface area contributed by atoms with E-state index in [-0.39, 0.29) is 22.3 Å². The molecule has 0 N–H and O–H groups in total. The van der Waals surface area contributed by atoms with E-state index in [0.717, 1.165) is 27.8 Å². The number of hydrogen-bond donors (Lipinski definition) is 0. The van der Waals surface area contributed by atoms with Crippen LogP contribution in [0.3, 0.4) is 0 Å². The Morgan fingerprint density at radius 1 is 1.02 bits per heavy atom. The number of esters is 1. The number of rotatable bonds is 8. The van der Waals surface area contributed by atoms with Crippen molar-refractivity contribution in [3.05, 3.63) is 93.4 Å². The van der Waals surface area contributed by atoms with Gasteiger partial charge in [0.2, 0.25) is 0 Å². The number of nitrogens with zero attached hydrogens (tertiary/aromatic N) is 4. The highest BCUT2D eigenvalue weighted by molar-refractivity contribution is 8.15. The first-order chi connectivity index (χ1) is 21.1. The number of aromatic nitrogens is 3. The second-order valence-electron chi connectivity index (χ2n) is 11.8. The molecule has 0 spiro atoms. The third-order valence-corrected chi connectivity index (χ3v) is 12.3. The molecule has 1 fully saturated rings. The third kappa shape index (κ3) is 5.66. The minimum Gasteiger partial charge on any atom is -0.460 e. The molecule has 1 amide bonds. The standard InChI is InChI=1S/C31H34N4O8S2/c1-18-21(28(38)43-30(2,3)4)35-26(37)23(41-7)27(35)45(39,40)31(18,5)44-29-32-24(36)25(33-34(29)6)42-22(19-14-10-8-11-15-19)20-16-12-9-13-17-20/h8-17,22-23,27H,1-7H3/t23-,27?,31?/m0/s1. The normalized spacial score (nSPS) is 22.6. The molecule has 0 radical (unpaired) electrons. The molecule has 1 saturated heterocycles. The molecule has 0 saturated carbocycles. The van der Waals surface area contributed by atoms with E-state index in [9.17, 15) is 22.8 Å². The molecule has 0 aliphatic carbocycles. The molecule has 2 unspecified atom stereocenters. The quantitative estimate of drug-likeness (QED) is 0.260. The van der Waals surface area contributed by atoms with Crippen LogP contribution in [0.5, 0.6) is 5.88 Å². The van der Waals surface area contributed by atoms with E-state index < -0.39 is 54.5 Å². The molecule has 238 valence electrons. The van der Waals surface area contributed by atoms with Gasteiger partial charge in [-0.2, -0.15) is 4.98 Å². The van der Waals surface area contributed by atoms with Crippen LogP contribution in [-0.4, -0.2) is 68.2 Å². The van der Waals surface area contributed by atoms with Crippen molar-refractivity contribution in [1.82, 2.24) is 19.7 Å². The Hall–Kier alpha value is -4.01. The van der Waals surface area contributed by atoms with Crippen LogP contribution in [0.15, 0.2) is 81.9 Å². The third-order valence-electron chi connectivity index (χ3n) is 7.60. The van der Waals surface area contributed by atoms with Crippen LogP contribution in [0.2, 0.25) is 0 Å². The lowest BCUT2D eigenvalue weighted by atomic mass is 10.0. The summed E-state index contributed by atoms with van der Waals surface area (Å²) in [5, 5.41) is 2.80. The van der Waals surface area contributed by atoms with Gasteiger partial charge in [0, 0.05) is 14.2 Å². The number of fused-ring (bicyclic) bond motifs is 1. The predicted molar refractivity (Wildman–Crippen MR) is 166 cm³/mol. The molecule has 2 aliphatic heterocycles. The number of thioether (sulfide) groups is 1. The van der Waals surface area contributed by atoms with Crippen LogP contribution in [0.1, 0.15) is 51.8 Å². The van der Waals surface area contributed by atoms with E-state index in [4.69, 9.17) is 14.2 Å². The number of sulfone groups is 1. The topological polar surface area (TPSA) is 147 Å². The molecule has 3 aromatic rings. The highest BCUT2D eigenvalue weighted by Gasteiger charge is 2.67. The van der Waals surface area contributed by atoms with Gasteiger partial charge in [0.15, 0.2) is 32.6 Å². The van der Waals surface area contributed by atoms with Crippen molar-refractivity contribution in [2.75, 3.05) is 7.11 Å². The largest absolute Gasteiger partial charge is 0.460 e. The fraction of sp³-hybridized carbons (Fsp3) is 0.387. The van der Waals surface area contributed by atoms with Crippen LogP contribution in [0.4, 0.5) is 0 Å². The van der Waals surface area contributed by atoms with Crippen LogP contribution < -0.4 is 10.3 Å². The Morgan fingerprint density at radius 2 is 1.58 bits per heavy atom. The average molecular weight is 655 g/mol. The lowest BCUT2D eigenvalue weighted by molar-refractivity contribution is -0.167. The van der Waals surface area contributed by atoms with Gasteiger partial charge in [-0.1, -0.05) is 72.4 Å². The van der Waals surface area contributed by atoms with Crippen LogP contribution in [0, 0.1) is 0 Å². The Kier molecular flexibility index (Phi) is 8.44. The number of hydrogen-bond acceptors (Lipinski definition) is 11. The lowest BCUT2D eigenvalue weighted by Crippen LogP contribution is -2.73. The maximum Gasteiger partial charge on any atom is 0.355 e. The summed E-state index contributed by atoms with van der Waals surface area (Å²) in [6.07, 6.45) is -1.99. The van der Waals surface area contributed by atoms with Gasteiger partial charge in [-0.25, -0.2) is 17.9 Å². The van der Waals surface area contributed by atoms with Crippen LogP contribution in [0.25, 0.3) is 0 Å². The fourth-order valence-electron chi connectivity index (χ4n) is 5.21. The summed E-state index contributed by atoms with van der Waals surface area (Å²) in [6.45, 7) is 7.84. The number of ether oxygens (including phenoxy) is 3. The highest BCUT2D eigenvalue weighted by atomic mass is 32.3. The Morgan fingerprint density at radius 3 is 2.09 bits per heavy atom. The Balaban J connectivity index is 1.56. The number of amides is 1. The number of methoxy groups -OCH3 is 1. The van der Waals surface area contributed by atoms with Crippen molar-refractivity contribution in [2.45, 2.75) is 67.0 Å². The number of carbonyl (C=O) groups excluding carboxylic acids is 2. The average Bonchev–Trinajstić information content (AvgIpc) is 2.98. The van der Waals surface area contributed by atoms with Gasteiger partial charge in [-0.3, -0.25) is 14.5 Å². The second-order valence-corrected chi connectivity index (χ2v) is 15.8. The van der Waals surface area contributed by atoms with Crippen molar-refractivity contribution >= 4 is 33.5 Å². The number of β-lactam (4-membered cyclic amide) rings is 1. The second kappa shape index (κ2) is 11.7. The molecule has 3 heterocycles. The zero-order valence-corrected chi connectivity index (χ0v) is 27.5. The van der Waals surface area contributed by atoms with Crippen molar-refractivity contribution in [3.8, 4) is 5.88 Å². The number of benzene rings is 2. The zero-order valence-electron chi connectivity index (χ0n) is 25.9. The molecule has 14 heteroatoms.